The van der Waals surface area contributed by atoms with Crippen LogP contribution in [0.5, 0.6) is 5.75 Å². The Morgan fingerprint density at radius 3 is 3.00 bits per heavy atom. The number of methoxy groups -OCH3 is 1. The van der Waals surface area contributed by atoms with Crippen LogP contribution in [0.2, 0.25) is 0 Å². The number of amides is 1. The molecule has 0 aromatic heterocycles. The molecule has 0 bridgehead atoms. The number of carbonyl (C=O) groups is 1. The second kappa shape index (κ2) is 7.51. The average Bonchev–Trinajstić information content (AvgIpc) is 2.36. The van der Waals surface area contributed by atoms with Crippen molar-refractivity contribution in [3.63, 3.8) is 0 Å². The van der Waals surface area contributed by atoms with Crippen LogP contribution in [0.3, 0.4) is 0 Å². The number of ether oxygens (including phenoxy) is 2. The van der Waals surface area contributed by atoms with E-state index in [9.17, 15) is 4.79 Å². The second-order valence-electron chi connectivity index (χ2n) is 3.39. The van der Waals surface area contributed by atoms with Crippen LogP contribution in [0.1, 0.15) is 5.56 Å². The van der Waals surface area contributed by atoms with E-state index in [1.807, 2.05) is 24.3 Å². The van der Waals surface area contributed by atoms with E-state index in [0.717, 1.165) is 11.3 Å². The first-order chi connectivity index (χ1) is 8.26. The molecule has 0 atom stereocenters. The molecule has 0 aliphatic heterocycles. The Balaban J connectivity index is 2.28. The van der Waals surface area contributed by atoms with Crippen LogP contribution in [-0.2, 0) is 11.2 Å². The zero-order valence-electron chi connectivity index (χ0n) is 9.81. The smallest absolute Gasteiger partial charge is 0.407 e. The number of aliphatic hydroxyl groups excluding tert-OH is 1. The van der Waals surface area contributed by atoms with Crippen LogP contribution >= 0.6 is 0 Å². The lowest BCUT2D eigenvalue weighted by Gasteiger charge is -2.06. The van der Waals surface area contributed by atoms with Crippen molar-refractivity contribution in [2.24, 2.45) is 0 Å². The fraction of sp³-hybridized carbons (Fsp3) is 0.417. The highest BCUT2D eigenvalue weighted by molar-refractivity contribution is 5.67. The molecule has 0 heterocycles. The molecule has 1 amide bonds. The summed E-state index contributed by atoms with van der Waals surface area (Å²) in [6.45, 7) is 0.339. The van der Waals surface area contributed by atoms with Crippen molar-refractivity contribution in [2.75, 3.05) is 26.9 Å². The second-order valence-corrected chi connectivity index (χ2v) is 3.39. The molecule has 1 aromatic carbocycles. The molecule has 0 spiro atoms. The Kier molecular flexibility index (Phi) is 5.88. The Morgan fingerprint density at radius 2 is 2.29 bits per heavy atom. The SMILES string of the molecule is COc1cccc(CCNC(=O)OCCO)c1. The molecule has 0 unspecified atom stereocenters. The topological polar surface area (TPSA) is 67.8 Å². The van der Waals surface area contributed by atoms with Gasteiger partial charge in [0.1, 0.15) is 12.4 Å². The Bertz CT molecular complexity index is 354. The summed E-state index contributed by atoms with van der Waals surface area (Å²) < 4.78 is 9.74. The van der Waals surface area contributed by atoms with Crippen molar-refractivity contribution in [1.82, 2.24) is 5.32 Å². The van der Waals surface area contributed by atoms with E-state index >= 15 is 0 Å². The van der Waals surface area contributed by atoms with Gasteiger partial charge in [-0.1, -0.05) is 12.1 Å². The predicted molar refractivity (Wildman–Crippen MR) is 63.1 cm³/mol. The minimum Gasteiger partial charge on any atom is -0.497 e. The molecule has 17 heavy (non-hydrogen) atoms. The molecule has 2 N–H and O–H groups in total. The fourth-order valence-corrected chi connectivity index (χ4v) is 1.33. The first-order valence-electron chi connectivity index (χ1n) is 5.40. The normalized spacial score (nSPS) is 9.76. The van der Waals surface area contributed by atoms with Crippen LogP contribution in [0.25, 0.3) is 0 Å². The highest BCUT2D eigenvalue weighted by Gasteiger charge is 2.01. The van der Waals surface area contributed by atoms with Crippen molar-refractivity contribution in [3.05, 3.63) is 29.8 Å². The Hall–Kier alpha value is -1.75. The van der Waals surface area contributed by atoms with E-state index in [0.29, 0.717) is 13.0 Å². The lowest BCUT2D eigenvalue weighted by molar-refractivity contribution is 0.119. The summed E-state index contributed by atoms with van der Waals surface area (Å²) >= 11 is 0. The fourth-order valence-electron chi connectivity index (χ4n) is 1.33. The van der Waals surface area contributed by atoms with Crippen molar-refractivity contribution < 1.29 is 19.4 Å². The van der Waals surface area contributed by atoms with Crippen molar-refractivity contribution >= 4 is 6.09 Å². The molecule has 5 nitrogen and oxygen atoms in total. The minimum absolute atomic E-state index is 0.0188. The van der Waals surface area contributed by atoms with Gasteiger partial charge in [0.05, 0.1) is 13.7 Å². The van der Waals surface area contributed by atoms with Crippen LogP contribution in [-0.4, -0.2) is 38.1 Å². The molecule has 1 rings (SSSR count). The predicted octanol–water partition coefficient (Wildman–Crippen LogP) is 0.956. The molecular formula is C12H17NO4. The van der Waals surface area contributed by atoms with E-state index in [-0.39, 0.29) is 13.2 Å². The molecule has 0 saturated heterocycles. The first kappa shape index (κ1) is 13.3. The lowest BCUT2D eigenvalue weighted by Crippen LogP contribution is -2.27. The molecule has 5 heteroatoms. The summed E-state index contributed by atoms with van der Waals surface area (Å²) in [6, 6.07) is 7.65. The van der Waals surface area contributed by atoms with E-state index < -0.39 is 6.09 Å². The summed E-state index contributed by atoms with van der Waals surface area (Å²) in [7, 11) is 1.61. The molecule has 1 aromatic rings. The maximum Gasteiger partial charge on any atom is 0.407 e. The number of aliphatic hydroxyl groups is 1. The van der Waals surface area contributed by atoms with Gasteiger partial charge in [0.2, 0.25) is 0 Å². The van der Waals surface area contributed by atoms with Gasteiger partial charge in [0, 0.05) is 6.54 Å². The summed E-state index contributed by atoms with van der Waals surface area (Å²) in [5.41, 5.74) is 1.08. The maximum atomic E-state index is 11.0. The molecular weight excluding hydrogens is 222 g/mol. The zero-order chi connectivity index (χ0) is 12.5. The van der Waals surface area contributed by atoms with Gasteiger partial charge in [0.25, 0.3) is 0 Å². The standard InChI is InChI=1S/C12H17NO4/c1-16-11-4-2-3-10(9-11)5-6-13-12(15)17-8-7-14/h2-4,9,14H,5-8H2,1H3,(H,13,15). The van der Waals surface area contributed by atoms with E-state index in [2.05, 4.69) is 10.1 Å². The maximum absolute atomic E-state index is 11.0. The van der Waals surface area contributed by atoms with Gasteiger partial charge < -0.3 is 19.9 Å². The molecule has 0 aliphatic carbocycles. The monoisotopic (exact) mass is 239 g/mol. The van der Waals surface area contributed by atoms with Crippen LogP contribution in [0.15, 0.2) is 24.3 Å². The minimum atomic E-state index is -0.512. The number of alkyl carbamates (subject to hydrolysis) is 1. The van der Waals surface area contributed by atoms with Crippen LogP contribution in [0, 0.1) is 0 Å². The van der Waals surface area contributed by atoms with Gasteiger partial charge in [-0.3, -0.25) is 0 Å². The lowest BCUT2D eigenvalue weighted by atomic mass is 10.1. The van der Waals surface area contributed by atoms with Gasteiger partial charge in [-0.25, -0.2) is 4.79 Å². The van der Waals surface area contributed by atoms with Gasteiger partial charge >= 0.3 is 6.09 Å². The number of hydrogen-bond donors (Lipinski definition) is 2. The number of benzene rings is 1. The van der Waals surface area contributed by atoms with Gasteiger partial charge in [-0.2, -0.15) is 0 Å². The largest absolute Gasteiger partial charge is 0.497 e. The van der Waals surface area contributed by atoms with Crippen molar-refractivity contribution in [3.8, 4) is 5.75 Å². The summed E-state index contributed by atoms with van der Waals surface area (Å²) in [5, 5.41) is 11.0. The third-order valence-corrected chi connectivity index (χ3v) is 2.14. The number of carbonyl (C=O) groups excluding carboxylic acids is 1. The molecule has 0 aliphatic rings. The van der Waals surface area contributed by atoms with Gasteiger partial charge in [-0.05, 0) is 24.1 Å². The average molecular weight is 239 g/mol. The number of hydrogen-bond acceptors (Lipinski definition) is 4. The number of nitrogens with one attached hydrogen (secondary N) is 1. The summed E-state index contributed by atoms with van der Waals surface area (Å²) in [4.78, 5) is 11.0. The third kappa shape index (κ3) is 5.21. The van der Waals surface area contributed by atoms with E-state index in [1.54, 1.807) is 7.11 Å². The van der Waals surface area contributed by atoms with Crippen molar-refractivity contribution in [2.45, 2.75) is 6.42 Å². The Labute approximate surface area is 100 Å². The zero-order valence-corrected chi connectivity index (χ0v) is 9.81. The number of rotatable bonds is 6. The van der Waals surface area contributed by atoms with Crippen LogP contribution < -0.4 is 10.1 Å². The van der Waals surface area contributed by atoms with E-state index in [1.165, 1.54) is 0 Å². The van der Waals surface area contributed by atoms with E-state index in [4.69, 9.17) is 9.84 Å². The molecule has 0 saturated carbocycles. The summed E-state index contributed by atoms with van der Waals surface area (Å²) in [5.74, 6) is 0.797. The highest BCUT2D eigenvalue weighted by Crippen LogP contribution is 2.12. The first-order valence-corrected chi connectivity index (χ1v) is 5.40. The van der Waals surface area contributed by atoms with Crippen LogP contribution in [0.4, 0.5) is 4.79 Å². The van der Waals surface area contributed by atoms with Crippen molar-refractivity contribution in [1.29, 1.82) is 0 Å². The highest BCUT2D eigenvalue weighted by atomic mass is 16.6. The molecule has 0 radical (unpaired) electrons. The third-order valence-electron chi connectivity index (χ3n) is 2.14. The Morgan fingerprint density at radius 1 is 1.47 bits per heavy atom. The summed E-state index contributed by atoms with van der Waals surface area (Å²) in [6.07, 6.45) is 0.188. The van der Waals surface area contributed by atoms with Gasteiger partial charge in [-0.15, -0.1) is 0 Å². The molecule has 94 valence electrons. The molecule has 0 fully saturated rings. The van der Waals surface area contributed by atoms with Gasteiger partial charge in [0.15, 0.2) is 0 Å². The quantitative estimate of drug-likeness (QED) is 0.775.